The van der Waals surface area contributed by atoms with Gasteiger partial charge in [0.15, 0.2) is 0 Å². The Kier molecular flexibility index (Phi) is 5.65. The van der Waals surface area contributed by atoms with Gasteiger partial charge in [-0.05, 0) is 49.4 Å². The van der Waals surface area contributed by atoms with E-state index in [1.807, 2.05) is 0 Å². The standard InChI is InChI=1S/C18H30N2O/c1-13(2)17-11-16(12-20-8-6-19-7-9-20)15(5)10-18(17)21-14(3)4/h10-11,13-14,19H,6-9,12H2,1-5H3. The van der Waals surface area contributed by atoms with Gasteiger partial charge in [-0.3, -0.25) is 4.90 Å². The molecule has 0 spiro atoms. The highest BCUT2D eigenvalue weighted by Gasteiger charge is 2.16. The molecule has 1 aromatic rings. The maximum atomic E-state index is 6.01. The fourth-order valence-corrected chi connectivity index (χ4v) is 2.83. The van der Waals surface area contributed by atoms with Crippen molar-refractivity contribution in [3.63, 3.8) is 0 Å². The number of hydrogen-bond donors (Lipinski definition) is 1. The summed E-state index contributed by atoms with van der Waals surface area (Å²) in [6.45, 7) is 16.4. The predicted octanol–water partition coefficient (Wildman–Crippen LogP) is 3.31. The molecule has 0 amide bonds. The fourth-order valence-electron chi connectivity index (χ4n) is 2.83. The third-order valence-electron chi connectivity index (χ3n) is 4.06. The van der Waals surface area contributed by atoms with Gasteiger partial charge in [0, 0.05) is 32.7 Å². The zero-order chi connectivity index (χ0) is 15.4. The number of aryl methyl sites for hydroxylation is 1. The van der Waals surface area contributed by atoms with E-state index in [1.165, 1.54) is 16.7 Å². The van der Waals surface area contributed by atoms with Crippen LogP contribution in [0.4, 0.5) is 0 Å². The van der Waals surface area contributed by atoms with Crippen molar-refractivity contribution < 1.29 is 4.74 Å². The predicted molar refractivity (Wildman–Crippen MR) is 89.2 cm³/mol. The van der Waals surface area contributed by atoms with Crippen LogP contribution in [-0.4, -0.2) is 37.2 Å². The lowest BCUT2D eigenvalue weighted by Crippen LogP contribution is -2.43. The van der Waals surface area contributed by atoms with E-state index in [4.69, 9.17) is 4.74 Å². The quantitative estimate of drug-likeness (QED) is 0.900. The third-order valence-corrected chi connectivity index (χ3v) is 4.06. The highest BCUT2D eigenvalue weighted by atomic mass is 16.5. The van der Waals surface area contributed by atoms with Gasteiger partial charge < -0.3 is 10.1 Å². The Hall–Kier alpha value is -1.06. The summed E-state index contributed by atoms with van der Waals surface area (Å²) < 4.78 is 6.01. The molecule has 0 radical (unpaired) electrons. The molecule has 1 aliphatic rings. The summed E-state index contributed by atoms with van der Waals surface area (Å²) >= 11 is 0. The van der Waals surface area contributed by atoms with Gasteiger partial charge in [-0.1, -0.05) is 19.9 Å². The van der Waals surface area contributed by atoms with Crippen LogP contribution in [0.2, 0.25) is 0 Å². The first-order valence-corrected chi connectivity index (χ1v) is 8.20. The SMILES string of the molecule is Cc1cc(OC(C)C)c(C(C)C)cc1CN1CCNCC1. The minimum Gasteiger partial charge on any atom is -0.491 e. The number of nitrogens with zero attached hydrogens (tertiary/aromatic N) is 1. The molecule has 118 valence electrons. The Bertz CT molecular complexity index is 463. The molecule has 1 N–H and O–H groups in total. The molecule has 3 nitrogen and oxygen atoms in total. The van der Waals surface area contributed by atoms with Gasteiger partial charge in [-0.15, -0.1) is 0 Å². The molecule has 1 aromatic carbocycles. The van der Waals surface area contributed by atoms with Crippen molar-refractivity contribution >= 4 is 0 Å². The zero-order valence-corrected chi connectivity index (χ0v) is 14.2. The van der Waals surface area contributed by atoms with Gasteiger partial charge >= 0.3 is 0 Å². The highest BCUT2D eigenvalue weighted by molar-refractivity contribution is 5.44. The summed E-state index contributed by atoms with van der Waals surface area (Å²) in [4.78, 5) is 2.53. The molecule has 0 aliphatic carbocycles. The van der Waals surface area contributed by atoms with Crippen LogP contribution in [0, 0.1) is 6.92 Å². The summed E-state index contributed by atoms with van der Waals surface area (Å²) in [5, 5.41) is 3.41. The summed E-state index contributed by atoms with van der Waals surface area (Å²) in [7, 11) is 0. The lowest BCUT2D eigenvalue weighted by Gasteiger charge is -2.28. The summed E-state index contributed by atoms with van der Waals surface area (Å²) in [6, 6.07) is 4.59. The van der Waals surface area contributed by atoms with Crippen molar-refractivity contribution in [1.29, 1.82) is 0 Å². The monoisotopic (exact) mass is 290 g/mol. The van der Waals surface area contributed by atoms with Crippen LogP contribution in [0.1, 0.15) is 50.3 Å². The smallest absolute Gasteiger partial charge is 0.123 e. The number of piperazine rings is 1. The molecule has 1 heterocycles. The van der Waals surface area contributed by atoms with Gasteiger partial charge in [0.1, 0.15) is 5.75 Å². The van der Waals surface area contributed by atoms with E-state index >= 15 is 0 Å². The maximum absolute atomic E-state index is 6.01. The maximum Gasteiger partial charge on any atom is 0.123 e. The van der Waals surface area contributed by atoms with E-state index in [0.717, 1.165) is 38.5 Å². The average Bonchev–Trinajstić information content (AvgIpc) is 2.42. The number of hydrogen-bond acceptors (Lipinski definition) is 3. The Balaban J connectivity index is 2.23. The van der Waals surface area contributed by atoms with Crippen LogP contribution >= 0.6 is 0 Å². The molecule has 1 fully saturated rings. The van der Waals surface area contributed by atoms with Gasteiger partial charge in [-0.25, -0.2) is 0 Å². The molecule has 2 rings (SSSR count). The number of benzene rings is 1. The van der Waals surface area contributed by atoms with Crippen LogP contribution < -0.4 is 10.1 Å². The number of ether oxygens (including phenoxy) is 1. The summed E-state index contributed by atoms with van der Waals surface area (Å²) in [5.41, 5.74) is 4.12. The number of nitrogens with one attached hydrogen (secondary N) is 1. The Morgan fingerprint density at radius 2 is 1.81 bits per heavy atom. The molecule has 0 unspecified atom stereocenters. The van der Waals surface area contributed by atoms with Crippen molar-refractivity contribution in [2.45, 2.75) is 53.2 Å². The van der Waals surface area contributed by atoms with E-state index in [-0.39, 0.29) is 6.10 Å². The molecule has 0 atom stereocenters. The van der Waals surface area contributed by atoms with Gasteiger partial charge in [0.25, 0.3) is 0 Å². The molecule has 1 saturated heterocycles. The van der Waals surface area contributed by atoms with Gasteiger partial charge in [-0.2, -0.15) is 0 Å². The molecule has 0 bridgehead atoms. The minimum absolute atomic E-state index is 0.223. The Labute approximate surface area is 129 Å². The van der Waals surface area contributed by atoms with E-state index in [9.17, 15) is 0 Å². The second-order valence-corrected chi connectivity index (χ2v) is 6.66. The first kappa shape index (κ1) is 16.3. The fraction of sp³-hybridized carbons (Fsp3) is 0.667. The van der Waals surface area contributed by atoms with Gasteiger partial charge in [0.2, 0.25) is 0 Å². The highest BCUT2D eigenvalue weighted by Crippen LogP contribution is 2.31. The second-order valence-electron chi connectivity index (χ2n) is 6.66. The first-order chi connectivity index (χ1) is 9.97. The van der Waals surface area contributed by atoms with Crippen molar-refractivity contribution in [2.75, 3.05) is 26.2 Å². The second kappa shape index (κ2) is 7.28. The molecular formula is C18H30N2O. The average molecular weight is 290 g/mol. The molecule has 21 heavy (non-hydrogen) atoms. The van der Waals surface area contributed by atoms with Crippen molar-refractivity contribution in [3.05, 3.63) is 28.8 Å². The minimum atomic E-state index is 0.223. The first-order valence-electron chi connectivity index (χ1n) is 8.20. The van der Waals surface area contributed by atoms with Crippen molar-refractivity contribution in [3.8, 4) is 5.75 Å². The molecule has 0 aromatic heterocycles. The van der Waals surface area contributed by atoms with E-state index in [2.05, 4.69) is 57.0 Å². The van der Waals surface area contributed by atoms with Crippen LogP contribution in [-0.2, 0) is 6.54 Å². The molecular weight excluding hydrogens is 260 g/mol. The van der Waals surface area contributed by atoms with E-state index in [0.29, 0.717) is 5.92 Å². The summed E-state index contributed by atoms with van der Waals surface area (Å²) in [6.07, 6.45) is 0.223. The van der Waals surface area contributed by atoms with Crippen LogP contribution in [0.15, 0.2) is 12.1 Å². The topological polar surface area (TPSA) is 24.5 Å². The summed E-state index contributed by atoms with van der Waals surface area (Å²) in [5.74, 6) is 1.54. The van der Waals surface area contributed by atoms with Crippen LogP contribution in [0.3, 0.4) is 0 Å². The van der Waals surface area contributed by atoms with E-state index < -0.39 is 0 Å². The van der Waals surface area contributed by atoms with Crippen molar-refractivity contribution in [1.82, 2.24) is 10.2 Å². The van der Waals surface area contributed by atoms with Crippen LogP contribution in [0.25, 0.3) is 0 Å². The van der Waals surface area contributed by atoms with E-state index in [1.54, 1.807) is 0 Å². The molecule has 3 heteroatoms. The lowest BCUT2D eigenvalue weighted by atomic mass is 9.96. The molecule has 1 aliphatic heterocycles. The van der Waals surface area contributed by atoms with Crippen molar-refractivity contribution in [2.24, 2.45) is 0 Å². The number of rotatable bonds is 5. The van der Waals surface area contributed by atoms with Gasteiger partial charge in [0.05, 0.1) is 6.10 Å². The normalized spacial score (nSPS) is 16.7. The zero-order valence-electron chi connectivity index (χ0n) is 14.2. The Morgan fingerprint density at radius 3 is 2.38 bits per heavy atom. The largest absolute Gasteiger partial charge is 0.491 e. The third kappa shape index (κ3) is 4.45. The van der Waals surface area contributed by atoms with Crippen LogP contribution in [0.5, 0.6) is 5.75 Å². The molecule has 0 saturated carbocycles. The Morgan fingerprint density at radius 1 is 1.14 bits per heavy atom. The lowest BCUT2D eigenvalue weighted by molar-refractivity contribution is 0.230.